The molecule has 4 heteroatoms. The molecule has 0 aliphatic carbocycles. The van der Waals surface area contributed by atoms with Crippen LogP contribution in [-0.4, -0.2) is 21.2 Å². The molecule has 2 rings (SSSR count). The van der Waals surface area contributed by atoms with Crippen molar-refractivity contribution in [3.8, 4) is 0 Å². The highest BCUT2D eigenvalue weighted by molar-refractivity contribution is 7.98. The molecule has 1 aromatic heterocycles. The Bertz CT molecular complexity index is 243. The topological polar surface area (TPSA) is 30.7 Å². The SMILES string of the molecule is CSc1nnn2c1CCC2. The lowest BCUT2D eigenvalue weighted by molar-refractivity contribution is 0.621. The van der Waals surface area contributed by atoms with Crippen molar-refractivity contribution in [2.45, 2.75) is 24.4 Å². The van der Waals surface area contributed by atoms with Crippen molar-refractivity contribution in [1.82, 2.24) is 15.0 Å². The van der Waals surface area contributed by atoms with Crippen LogP contribution in [0.5, 0.6) is 0 Å². The smallest absolute Gasteiger partial charge is 0.141 e. The van der Waals surface area contributed by atoms with Crippen LogP contribution in [0, 0.1) is 0 Å². The van der Waals surface area contributed by atoms with Crippen LogP contribution in [0.2, 0.25) is 0 Å². The van der Waals surface area contributed by atoms with E-state index in [0.717, 1.165) is 18.0 Å². The van der Waals surface area contributed by atoms with Gasteiger partial charge in [0.05, 0.1) is 5.69 Å². The second-order valence-electron chi connectivity index (χ2n) is 2.37. The second kappa shape index (κ2) is 2.27. The maximum atomic E-state index is 4.03. The fraction of sp³-hybridized carbons (Fsp3) is 0.667. The zero-order valence-corrected chi connectivity index (χ0v) is 6.69. The quantitative estimate of drug-likeness (QED) is 0.566. The minimum Gasteiger partial charge on any atom is -0.248 e. The van der Waals surface area contributed by atoms with Crippen LogP contribution in [0.15, 0.2) is 5.03 Å². The Morgan fingerprint density at radius 2 is 2.50 bits per heavy atom. The summed E-state index contributed by atoms with van der Waals surface area (Å²) in [6.07, 6.45) is 4.44. The Kier molecular flexibility index (Phi) is 1.41. The molecule has 1 aliphatic heterocycles. The molecular formula is C6H9N3S. The molecule has 1 aliphatic rings. The summed E-state index contributed by atoms with van der Waals surface area (Å²) in [6.45, 7) is 1.06. The van der Waals surface area contributed by atoms with Gasteiger partial charge in [-0.3, -0.25) is 0 Å². The van der Waals surface area contributed by atoms with E-state index in [1.807, 2.05) is 10.9 Å². The minimum absolute atomic E-state index is 1.06. The van der Waals surface area contributed by atoms with Gasteiger partial charge in [0.1, 0.15) is 5.03 Å². The predicted molar refractivity (Wildman–Crippen MR) is 40.1 cm³/mol. The summed E-state index contributed by atoms with van der Waals surface area (Å²) in [7, 11) is 0. The van der Waals surface area contributed by atoms with Crippen LogP contribution in [-0.2, 0) is 13.0 Å². The predicted octanol–water partition coefficient (Wildman–Crippen LogP) is 0.946. The van der Waals surface area contributed by atoms with Gasteiger partial charge in [0.25, 0.3) is 0 Å². The molecule has 0 N–H and O–H groups in total. The number of hydrogen-bond acceptors (Lipinski definition) is 3. The van der Waals surface area contributed by atoms with Crippen molar-refractivity contribution in [2.24, 2.45) is 0 Å². The van der Waals surface area contributed by atoms with Gasteiger partial charge in [-0.2, -0.15) is 0 Å². The molecule has 0 saturated heterocycles. The number of rotatable bonds is 1. The fourth-order valence-electron chi connectivity index (χ4n) is 1.29. The van der Waals surface area contributed by atoms with Crippen molar-refractivity contribution >= 4 is 11.8 Å². The van der Waals surface area contributed by atoms with Gasteiger partial charge < -0.3 is 0 Å². The molecule has 54 valence electrons. The van der Waals surface area contributed by atoms with Gasteiger partial charge >= 0.3 is 0 Å². The molecule has 0 radical (unpaired) electrons. The largest absolute Gasteiger partial charge is 0.248 e. The lowest BCUT2D eigenvalue weighted by Crippen LogP contribution is -1.93. The van der Waals surface area contributed by atoms with E-state index in [2.05, 4.69) is 10.3 Å². The van der Waals surface area contributed by atoms with Crippen LogP contribution in [0.3, 0.4) is 0 Å². The molecule has 0 saturated carbocycles. The normalized spacial score (nSPS) is 15.7. The molecule has 0 unspecified atom stereocenters. The third-order valence-electron chi connectivity index (χ3n) is 1.78. The molecule has 0 amide bonds. The Labute approximate surface area is 63.8 Å². The Morgan fingerprint density at radius 3 is 3.30 bits per heavy atom. The third-order valence-corrected chi connectivity index (χ3v) is 2.48. The zero-order chi connectivity index (χ0) is 6.97. The van der Waals surface area contributed by atoms with E-state index in [-0.39, 0.29) is 0 Å². The summed E-state index contributed by atoms with van der Waals surface area (Å²) < 4.78 is 2.01. The van der Waals surface area contributed by atoms with Gasteiger partial charge in [-0.1, -0.05) is 5.21 Å². The van der Waals surface area contributed by atoms with Crippen LogP contribution in [0.1, 0.15) is 12.1 Å². The Balaban J connectivity index is 2.44. The van der Waals surface area contributed by atoms with Crippen molar-refractivity contribution in [3.05, 3.63) is 5.69 Å². The summed E-state index contributed by atoms with van der Waals surface area (Å²) >= 11 is 1.69. The number of aromatic nitrogens is 3. The van der Waals surface area contributed by atoms with Crippen LogP contribution >= 0.6 is 11.8 Å². The van der Waals surface area contributed by atoms with E-state index in [1.165, 1.54) is 12.1 Å². The van der Waals surface area contributed by atoms with Gasteiger partial charge in [-0.05, 0) is 19.1 Å². The summed E-state index contributed by atoms with van der Waals surface area (Å²) in [4.78, 5) is 0. The first-order valence-electron chi connectivity index (χ1n) is 3.38. The molecular weight excluding hydrogens is 146 g/mol. The van der Waals surface area contributed by atoms with Gasteiger partial charge in [-0.15, -0.1) is 16.9 Å². The van der Waals surface area contributed by atoms with Crippen LogP contribution < -0.4 is 0 Å². The number of hydrogen-bond donors (Lipinski definition) is 0. The van der Waals surface area contributed by atoms with Crippen molar-refractivity contribution in [3.63, 3.8) is 0 Å². The monoisotopic (exact) mass is 155 g/mol. The standard InChI is InChI=1S/C6H9N3S/c1-10-6-5-3-2-4-9(5)8-7-6/h2-4H2,1H3. The highest BCUT2D eigenvalue weighted by atomic mass is 32.2. The summed E-state index contributed by atoms with van der Waals surface area (Å²) in [5, 5.41) is 9.15. The highest BCUT2D eigenvalue weighted by Crippen LogP contribution is 2.22. The van der Waals surface area contributed by atoms with E-state index >= 15 is 0 Å². The van der Waals surface area contributed by atoms with Crippen LogP contribution in [0.4, 0.5) is 0 Å². The number of aryl methyl sites for hydroxylation is 1. The minimum atomic E-state index is 1.06. The maximum Gasteiger partial charge on any atom is 0.141 e. The average molecular weight is 155 g/mol. The van der Waals surface area contributed by atoms with Gasteiger partial charge in [0.2, 0.25) is 0 Å². The second-order valence-corrected chi connectivity index (χ2v) is 3.17. The van der Waals surface area contributed by atoms with Crippen molar-refractivity contribution in [2.75, 3.05) is 6.26 Å². The first-order valence-corrected chi connectivity index (χ1v) is 4.60. The molecule has 0 aromatic carbocycles. The van der Waals surface area contributed by atoms with E-state index in [4.69, 9.17) is 0 Å². The van der Waals surface area contributed by atoms with Crippen LogP contribution in [0.25, 0.3) is 0 Å². The Hall–Kier alpha value is -0.510. The molecule has 0 atom stereocenters. The lowest BCUT2D eigenvalue weighted by atomic mass is 10.3. The molecule has 2 heterocycles. The average Bonchev–Trinajstić information content (AvgIpc) is 2.44. The van der Waals surface area contributed by atoms with Gasteiger partial charge in [0.15, 0.2) is 0 Å². The number of thioether (sulfide) groups is 1. The molecule has 0 fully saturated rings. The van der Waals surface area contributed by atoms with Gasteiger partial charge in [0, 0.05) is 6.54 Å². The lowest BCUT2D eigenvalue weighted by Gasteiger charge is -1.89. The van der Waals surface area contributed by atoms with E-state index in [9.17, 15) is 0 Å². The summed E-state index contributed by atoms with van der Waals surface area (Å²) in [5.41, 5.74) is 1.33. The highest BCUT2D eigenvalue weighted by Gasteiger charge is 2.16. The zero-order valence-electron chi connectivity index (χ0n) is 5.87. The van der Waals surface area contributed by atoms with E-state index < -0.39 is 0 Å². The maximum absolute atomic E-state index is 4.03. The number of fused-ring (bicyclic) bond motifs is 1. The van der Waals surface area contributed by atoms with Gasteiger partial charge in [-0.25, -0.2) is 4.68 Å². The van der Waals surface area contributed by atoms with Crippen molar-refractivity contribution < 1.29 is 0 Å². The summed E-state index contributed by atoms with van der Waals surface area (Å²) in [5.74, 6) is 0. The molecule has 0 bridgehead atoms. The molecule has 0 spiro atoms. The summed E-state index contributed by atoms with van der Waals surface area (Å²) in [6, 6.07) is 0. The molecule has 1 aromatic rings. The first-order chi connectivity index (χ1) is 4.92. The van der Waals surface area contributed by atoms with Crippen molar-refractivity contribution in [1.29, 1.82) is 0 Å². The third kappa shape index (κ3) is 0.751. The Morgan fingerprint density at radius 1 is 1.60 bits per heavy atom. The number of nitrogens with zero attached hydrogens (tertiary/aromatic N) is 3. The van der Waals surface area contributed by atoms with E-state index in [1.54, 1.807) is 11.8 Å². The van der Waals surface area contributed by atoms with E-state index in [0.29, 0.717) is 0 Å². The fourth-order valence-corrected chi connectivity index (χ4v) is 1.85. The molecule has 10 heavy (non-hydrogen) atoms. The molecule has 3 nitrogen and oxygen atoms in total. The first kappa shape index (κ1) is 6.22.